The minimum absolute atomic E-state index is 0.0640. The van der Waals surface area contributed by atoms with E-state index in [2.05, 4.69) is 16.1 Å². The summed E-state index contributed by atoms with van der Waals surface area (Å²) in [4.78, 5) is 16.4. The summed E-state index contributed by atoms with van der Waals surface area (Å²) in [5.41, 5.74) is 2.46. The molecule has 0 radical (unpaired) electrons. The molecule has 2 heterocycles. The van der Waals surface area contributed by atoms with E-state index in [9.17, 15) is 9.90 Å². The zero-order chi connectivity index (χ0) is 17.1. The Morgan fingerprint density at radius 2 is 2.00 bits per heavy atom. The molecule has 0 saturated heterocycles. The predicted octanol–water partition coefficient (Wildman–Crippen LogP) is 1.85. The van der Waals surface area contributed by atoms with Gasteiger partial charge in [0.05, 0.1) is 23.6 Å². The fraction of sp³-hybridized carbons (Fsp3) is 0.278. The second-order valence-corrected chi connectivity index (χ2v) is 5.86. The molecule has 3 rings (SSSR count). The lowest BCUT2D eigenvalue weighted by atomic mass is 10.1. The van der Waals surface area contributed by atoms with Gasteiger partial charge in [-0.25, -0.2) is 4.68 Å². The molecule has 124 valence electrons. The van der Waals surface area contributed by atoms with Crippen molar-refractivity contribution in [2.75, 3.05) is 6.61 Å². The molecule has 1 aromatic carbocycles. The van der Waals surface area contributed by atoms with Crippen molar-refractivity contribution in [1.29, 1.82) is 0 Å². The Bertz CT molecular complexity index is 901. The molecule has 1 N–H and O–H groups in total. The summed E-state index contributed by atoms with van der Waals surface area (Å²) < 4.78 is 6.86. The molecule has 3 aromatic rings. The molecule has 0 saturated carbocycles. The molecular weight excluding hydrogens is 306 g/mol. The average molecular weight is 325 g/mol. The van der Waals surface area contributed by atoms with Crippen LogP contribution in [0.15, 0.2) is 47.5 Å². The molecule has 0 spiro atoms. The van der Waals surface area contributed by atoms with Crippen LogP contribution in [0.2, 0.25) is 0 Å². The normalized spacial score (nSPS) is 12.3. The lowest BCUT2D eigenvalue weighted by molar-refractivity contribution is 0.0881. The second kappa shape index (κ2) is 6.80. The zero-order valence-electron chi connectivity index (χ0n) is 13.6. The van der Waals surface area contributed by atoms with Gasteiger partial charge in [-0.05, 0) is 49.2 Å². The highest BCUT2D eigenvalue weighted by molar-refractivity contribution is 5.75. The van der Waals surface area contributed by atoms with E-state index in [4.69, 9.17) is 4.74 Å². The van der Waals surface area contributed by atoms with Crippen molar-refractivity contribution < 1.29 is 9.84 Å². The van der Waals surface area contributed by atoms with Crippen LogP contribution in [-0.4, -0.2) is 32.6 Å². The first kappa shape index (κ1) is 16.1. The number of ether oxygens (including phenoxy) is 1. The minimum atomic E-state index is -0.842. The molecular formula is C18H19N3O3. The number of aliphatic hydroxyl groups excluding tert-OH is 1. The van der Waals surface area contributed by atoms with Crippen LogP contribution >= 0.6 is 0 Å². The monoisotopic (exact) mass is 325 g/mol. The van der Waals surface area contributed by atoms with Gasteiger partial charge in [0.15, 0.2) is 0 Å². The number of benzene rings is 1. The summed E-state index contributed by atoms with van der Waals surface area (Å²) in [7, 11) is 0. The zero-order valence-corrected chi connectivity index (χ0v) is 13.6. The number of aryl methyl sites for hydroxylation is 2. The largest absolute Gasteiger partial charge is 0.491 e. The first-order valence-electron chi connectivity index (χ1n) is 7.73. The summed E-state index contributed by atoms with van der Waals surface area (Å²) >= 11 is 0. The van der Waals surface area contributed by atoms with Crippen molar-refractivity contribution in [2.45, 2.75) is 26.5 Å². The molecule has 1 atom stereocenters. The number of aromatic nitrogens is 3. The molecule has 24 heavy (non-hydrogen) atoms. The van der Waals surface area contributed by atoms with Gasteiger partial charge in [-0.2, -0.15) is 5.10 Å². The molecule has 0 aliphatic carbocycles. The highest BCUT2D eigenvalue weighted by Gasteiger charge is 2.11. The van der Waals surface area contributed by atoms with Gasteiger partial charge < -0.3 is 9.84 Å². The lowest BCUT2D eigenvalue weighted by Crippen LogP contribution is -2.31. The van der Waals surface area contributed by atoms with Gasteiger partial charge in [-0.15, -0.1) is 0 Å². The second-order valence-electron chi connectivity index (χ2n) is 5.86. The fourth-order valence-corrected chi connectivity index (χ4v) is 2.61. The van der Waals surface area contributed by atoms with E-state index in [1.807, 2.05) is 26.0 Å². The Labute approximate surface area is 139 Å². The summed E-state index contributed by atoms with van der Waals surface area (Å²) in [5, 5.41) is 14.7. The molecule has 0 bridgehead atoms. The molecule has 0 amide bonds. The quantitative estimate of drug-likeness (QED) is 0.774. The van der Waals surface area contributed by atoms with Crippen LogP contribution < -0.4 is 10.3 Å². The van der Waals surface area contributed by atoms with E-state index >= 15 is 0 Å². The number of fused-ring (bicyclic) bond motifs is 1. The average Bonchev–Trinajstić information content (AvgIpc) is 2.55. The van der Waals surface area contributed by atoms with Gasteiger partial charge in [-0.3, -0.25) is 9.78 Å². The van der Waals surface area contributed by atoms with Crippen LogP contribution in [0, 0.1) is 13.8 Å². The third kappa shape index (κ3) is 3.60. The van der Waals surface area contributed by atoms with Crippen LogP contribution in [-0.2, 0) is 6.54 Å². The first-order chi connectivity index (χ1) is 11.5. The van der Waals surface area contributed by atoms with E-state index in [-0.39, 0.29) is 18.7 Å². The van der Waals surface area contributed by atoms with E-state index in [1.165, 1.54) is 10.9 Å². The number of hydrogen-bond acceptors (Lipinski definition) is 5. The first-order valence-corrected chi connectivity index (χ1v) is 7.73. The summed E-state index contributed by atoms with van der Waals surface area (Å²) in [6, 6.07) is 9.27. The third-order valence-electron chi connectivity index (χ3n) is 3.64. The van der Waals surface area contributed by atoms with Gasteiger partial charge in [0.2, 0.25) is 0 Å². The Morgan fingerprint density at radius 3 is 2.75 bits per heavy atom. The van der Waals surface area contributed by atoms with E-state index in [0.29, 0.717) is 16.7 Å². The highest BCUT2D eigenvalue weighted by atomic mass is 16.5. The topological polar surface area (TPSA) is 77.2 Å². The number of nitrogens with zero attached hydrogens (tertiary/aromatic N) is 3. The van der Waals surface area contributed by atoms with Crippen LogP contribution in [0.25, 0.3) is 10.9 Å². The molecule has 6 heteroatoms. The van der Waals surface area contributed by atoms with E-state index in [0.717, 1.165) is 11.1 Å². The van der Waals surface area contributed by atoms with Crippen molar-refractivity contribution in [3.8, 4) is 5.75 Å². The highest BCUT2D eigenvalue weighted by Crippen LogP contribution is 2.16. The van der Waals surface area contributed by atoms with Crippen molar-refractivity contribution in [2.24, 2.45) is 0 Å². The molecule has 0 aliphatic heterocycles. The van der Waals surface area contributed by atoms with Gasteiger partial charge in [0.1, 0.15) is 18.5 Å². The smallest absolute Gasteiger partial charge is 0.276 e. The Kier molecular flexibility index (Phi) is 4.57. The number of hydrogen-bond donors (Lipinski definition) is 1. The molecule has 6 nitrogen and oxygen atoms in total. The minimum Gasteiger partial charge on any atom is -0.491 e. The molecule has 2 aromatic heterocycles. The summed E-state index contributed by atoms with van der Waals surface area (Å²) in [5.74, 6) is 0.703. The van der Waals surface area contributed by atoms with Crippen molar-refractivity contribution >= 4 is 10.9 Å². The number of aliphatic hydroxyl groups is 1. The SMILES string of the molecule is Cc1cc(C)cc(OCC(O)Cn2ncc3ncccc3c2=O)c1. The molecule has 0 fully saturated rings. The lowest BCUT2D eigenvalue weighted by Gasteiger charge is -2.14. The maximum absolute atomic E-state index is 12.3. The van der Waals surface area contributed by atoms with E-state index in [1.54, 1.807) is 18.3 Å². The Morgan fingerprint density at radius 1 is 1.25 bits per heavy atom. The molecule has 1 unspecified atom stereocenters. The van der Waals surface area contributed by atoms with Gasteiger partial charge in [0.25, 0.3) is 5.56 Å². The maximum Gasteiger partial charge on any atom is 0.276 e. The number of pyridine rings is 1. The molecule has 0 aliphatic rings. The van der Waals surface area contributed by atoms with Gasteiger partial charge >= 0.3 is 0 Å². The van der Waals surface area contributed by atoms with Crippen LogP contribution in [0.3, 0.4) is 0 Å². The van der Waals surface area contributed by atoms with Crippen LogP contribution in [0.4, 0.5) is 0 Å². The standard InChI is InChI=1S/C18H19N3O3/c1-12-6-13(2)8-15(7-12)24-11-14(22)10-21-18(23)16-4-3-5-19-17(16)9-20-21/h3-9,14,22H,10-11H2,1-2H3. The fourth-order valence-electron chi connectivity index (χ4n) is 2.61. The van der Waals surface area contributed by atoms with Crippen molar-refractivity contribution in [3.05, 3.63) is 64.2 Å². The Hall–Kier alpha value is -2.73. The number of rotatable bonds is 5. The van der Waals surface area contributed by atoms with Crippen LogP contribution in [0.5, 0.6) is 5.75 Å². The third-order valence-corrected chi connectivity index (χ3v) is 3.64. The van der Waals surface area contributed by atoms with Crippen molar-refractivity contribution in [3.63, 3.8) is 0 Å². The maximum atomic E-state index is 12.3. The summed E-state index contributed by atoms with van der Waals surface area (Å²) in [6.45, 7) is 4.13. The van der Waals surface area contributed by atoms with Gasteiger partial charge in [0, 0.05) is 6.20 Å². The Balaban J connectivity index is 1.70. The summed E-state index contributed by atoms with van der Waals surface area (Å²) in [6.07, 6.45) is 2.29. The van der Waals surface area contributed by atoms with Crippen LogP contribution in [0.1, 0.15) is 11.1 Å². The van der Waals surface area contributed by atoms with E-state index < -0.39 is 6.10 Å². The van der Waals surface area contributed by atoms with Gasteiger partial charge in [-0.1, -0.05) is 6.07 Å². The van der Waals surface area contributed by atoms with Crippen molar-refractivity contribution in [1.82, 2.24) is 14.8 Å². The predicted molar refractivity (Wildman–Crippen MR) is 91.2 cm³/mol.